The van der Waals surface area contributed by atoms with Crippen molar-refractivity contribution >= 4 is 11.9 Å². The summed E-state index contributed by atoms with van der Waals surface area (Å²) < 4.78 is 5.10. The van der Waals surface area contributed by atoms with Gasteiger partial charge in [-0.15, -0.1) is 0 Å². The average molecular weight is 294 g/mol. The first kappa shape index (κ1) is 15.6. The molecule has 1 saturated heterocycles. The number of hydrogen-bond donors (Lipinski definition) is 3. The molecule has 0 saturated carbocycles. The second kappa shape index (κ2) is 7.26. The van der Waals surface area contributed by atoms with Crippen LogP contribution in [-0.2, 0) is 11.3 Å². The summed E-state index contributed by atoms with van der Waals surface area (Å²) in [6.07, 6.45) is 2.76. The SMILES string of the molecule is C[C@H]1C[C@H](C)C[NH+](CC(=O)NC(=O)NCc2ccco2)C1. The highest BCUT2D eigenvalue weighted by Gasteiger charge is 2.27. The van der Waals surface area contributed by atoms with Crippen molar-refractivity contribution in [3.63, 3.8) is 0 Å². The molecular weight excluding hydrogens is 270 g/mol. The number of amides is 3. The molecule has 2 heterocycles. The smallest absolute Gasteiger partial charge is 0.321 e. The van der Waals surface area contributed by atoms with Gasteiger partial charge < -0.3 is 14.6 Å². The van der Waals surface area contributed by atoms with E-state index in [0.29, 0.717) is 24.1 Å². The molecule has 2 atom stereocenters. The predicted molar refractivity (Wildman–Crippen MR) is 77.6 cm³/mol. The molecule has 21 heavy (non-hydrogen) atoms. The van der Waals surface area contributed by atoms with Crippen LogP contribution in [0.5, 0.6) is 0 Å². The molecule has 0 spiro atoms. The van der Waals surface area contributed by atoms with Crippen molar-refractivity contribution in [3.05, 3.63) is 24.2 Å². The van der Waals surface area contributed by atoms with E-state index in [9.17, 15) is 9.59 Å². The molecular formula is C15H24N3O3+. The molecule has 116 valence electrons. The van der Waals surface area contributed by atoms with E-state index in [1.54, 1.807) is 18.4 Å². The van der Waals surface area contributed by atoms with Crippen molar-refractivity contribution in [3.8, 4) is 0 Å². The van der Waals surface area contributed by atoms with Crippen LogP contribution in [0.3, 0.4) is 0 Å². The molecule has 1 fully saturated rings. The molecule has 0 radical (unpaired) electrons. The Bertz CT molecular complexity index is 463. The zero-order valence-electron chi connectivity index (χ0n) is 12.6. The first-order valence-electron chi connectivity index (χ1n) is 7.46. The van der Waals surface area contributed by atoms with E-state index >= 15 is 0 Å². The lowest BCUT2D eigenvalue weighted by molar-refractivity contribution is -0.904. The van der Waals surface area contributed by atoms with Gasteiger partial charge in [0.2, 0.25) is 0 Å². The van der Waals surface area contributed by atoms with Gasteiger partial charge in [0.15, 0.2) is 6.54 Å². The van der Waals surface area contributed by atoms with Crippen molar-refractivity contribution in [2.24, 2.45) is 11.8 Å². The number of nitrogens with one attached hydrogen (secondary N) is 3. The monoisotopic (exact) mass is 294 g/mol. The summed E-state index contributed by atoms with van der Waals surface area (Å²) >= 11 is 0. The minimum absolute atomic E-state index is 0.233. The number of rotatable bonds is 4. The fourth-order valence-electron chi connectivity index (χ4n) is 3.09. The highest BCUT2D eigenvalue weighted by atomic mass is 16.3. The third-order valence-corrected chi connectivity index (χ3v) is 3.75. The van der Waals surface area contributed by atoms with Crippen molar-refractivity contribution in [1.29, 1.82) is 0 Å². The number of carbonyl (C=O) groups is 2. The van der Waals surface area contributed by atoms with Gasteiger partial charge in [0.25, 0.3) is 5.91 Å². The molecule has 1 aliphatic heterocycles. The minimum atomic E-state index is -0.478. The Kier molecular flexibility index (Phi) is 5.38. The number of hydrogen-bond acceptors (Lipinski definition) is 3. The molecule has 2 rings (SSSR count). The summed E-state index contributed by atoms with van der Waals surface area (Å²) in [7, 11) is 0. The minimum Gasteiger partial charge on any atom is -0.467 e. The molecule has 1 aromatic heterocycles. The third-order valence-electron chi connectivity index (χ3n) is 3.75. The van der Waals surface area contributed by atoms with Crippen LogP contribution in [0.2, 0.25) is 0 Å². The lowest BCUT2D eigenvalue weighted by atomic mass is 9.92. The molecule has 3 N–H and O–H groups in total. The maximum absolute atomic E-state index is 11.9. The van der Waals surface area contributed by atoms with E-state index < -0.39 is 6.03 Å². The average Bonchev–Trinajstić information content (AvgIpc) is 2.87. The quantitative estimate of drug-likeness (QED) is 0.741. The van der Waals surface area contributed by atoms with E-state index in [0.717, 1.165) is 13.1 Å². The Morgan fingerprint density at radius 2 is 2.05 bits per heavy atom. The maximum Gasteiger partial charge on any atom is 0.321 e. The summed E-state index contributed by atoms with van der Waals surface area (Å²) in [5, 5.41) is 4.96. The van der Waals surface area contributed by atoms with Gasteiger partial charge in [0, 0.05) is 11.8 Å². The third kappa shape index (κ3) is 5.23. The van der Waals surface area contributed by atoms with Crippen LogP contribution < -0.4 is 15.5 Å². The number of furan rings is 1. The largest absolute Gasteiger partial charge is 0.467 e. The van der Waals surface area contributed by atoms with Gasteiger partial charge >= 0.3 is 6.03 Å². The number of likely N-dealkylation sites (tertiary alicyclic amines) is 1. The van der Waals surface area contributed by atoms with Crippen LogP contribution in [0.4, 0.5) is 4.79 Å². The highest BCUT2D eigenvalue weighted by molar-refractivity contribution is 5.94. The molecule has 6 nitrogen and oxygen atoms in total. The van der Waals surface area contributed by atoms with Crippen molar-refractivity contribution in [2.45, 2.75) is 26.8 Å². The number of urea groups is 1. The van der Waals surface area contributed by atoms with Crippen LogP contribution >= 0.6 is 0 Å². The van der Waals surface area contributed by atoms with Crippen LogP contribution in [0.15, 0.2) is 22.8 Å². The van der Waals surface area contributed by atoms with Gasteiger partial charge in [-0.2, -0.15) is 0 Å². The Hall–Kier alpha value is -1.82. The lowest BCUT2D eigenvalue weighted by Gasteiger charge is -2.31. The van der Waals surface area contributed by atoms with Crippen molar-refractivity contribution in [2.75, 3.05) is 19.6 Å². The molecule has 0 aliphatic carbocycles. The van der Waals surface area contributed by atoms with E-state index in [4.69, 9.17) is 4.42 Å². The highest BCUT2D eigenvalue weighted by Crippen LogP contribution is 2.11. The number of piperidine rings is 1. The summed E-state index contributed by atoms with van der Waals surface area (Å²) in [6.45, 7) is 7.03. The van der Waals surface area contributed by atoms with Gasteiger partial charge in [-0.1, -0.05) is 13.8 Å². The van der Waals surface area contributed by atoms with Crippen molar-refractivity contribution in [1.82, 2.24) is 10.6 Å². The summed E-state index contributed by atoms with van der Waals surface area (Å²) in [5.74, 6) is 1.68. The van der Waals surface area contributed by atoms with Gasteiger partial charge in [-0.3, -0.25) is 10.1 Å². The number of carbonyl (C=O) groups excluding carboxylic acids is 2. The van der Waals surface area contributed by atoms with Crippen LogP contribution in [0.1, 0.15) is 26.0 Å². The second-order valence-corrected chi connectivity index (χ2v) is 6.09. The van der Waals surface area contributed by atoms with Crippen LogP contribution in [-0.4, -0.2) is 31.6 Å². The number of quaternary nitrogens is 1. The molecule has 0 bridgehead atoms. The lowest BCUT2D eigenvalue weighted by Crippen LogP contribution is -3.15. The first-order chi connectivity index (χ1) is 10.0. The summed E-state index contributed by atoms with van der Waals surface area (Å²) in [6, 6.07) is 3.04. The zero-order valence-corrected chi connectivity index (χ0v) is 12.6. The van der Waals surface area contributed by atoms with Gasteiger partial charge in [0.05, 0.1) is 25.9 Å². The standard InChI is InChI=1S/C15H23N3O3/c1-11-6-12(2)9-18(8-11)10-14(19)17-15(20)16-7-13-4-3-5-21-13/h3-5,11-12H,6-10H2,1-2H3,(H2,16,17,19,20)/p+1/t11-,12-/m0/s1. The van der Waals surface area contributed by atoms with E-state index in [1.807, 2.05) is 0 Å². The summed E-state index contributed by atoms with van der Waals surface area (Å²) in [5.41, 5.74) is 0. The fourth-order valence-corrected chi connectivity index (χ4v) is 3.09. The topological polar surface area (TPSA) is 75.8 Å². The van der Waals surface area contributed by atoms with Gasteiger partial charge in [-0.25, -0.2) is 4.79 Å². The molecule has 6 heteroatoms. The van der Waals surface area contributed by atoms with E-state index in [1.165, 1.54) is 11.3 Å². The molecule has 3 amide bonds. The van der Waals surface area contributed by atoms with E-state index in [-0.39, 0.29) is 12.5 Å². The Labute approximate surface area is 124 Å². The van der Waals surface area contributed by atoms with Gasteiger partial charge in [0.1, 0.15) is 5.76 Å². The molecule has 1 aromatic rings. The second-order valence-electron chi connectivity index (χ2n) is 6.09. The predicted octanol–water partition coefficient (Wildman–Crippen LogP) is 0.166. The molecule has 0 unspecified atom stereocenters. The summed E-state index contributed by atoms with van der Waals surface area (Å²) in [4.78, 5) is 24.8. The van der Waals surface area contributed by atoms with Crippen molar-refractivity contribution < 1.29 is 18.9 Å². The molecule has 0 aromatic carbocycles. The Morgan fingerprint density at radius 3 is 2.67 bits per heavy atom. The van der Waals surface area contributed by atoms with E-state index in [2.05, 4.69) is 24.5 Å². The molecule has 1 aliphatic rings. The zero-order chi connectivity index (χ0) is 15.2. The maximum atomic E-state index is 11.9. The Balaban J connectivity index is 1.69. The Morgan fingerprint density at radius 1 is 1.33 bits per heavy atom. The normalized spacial score (nSPS) is 25.3. The fraction of sp³-hybridized carbons (Fsp3) is 0.600. The van der Waals surface area contributed by atoms with Gasteiger partial charge in [-0.05, 0) is 18.6 Å². The van der Waals surface area contributed by atoms with Crippen LogP contribution in [0.25, 0.3) is 0 Å². The first-order valence-corrected chi connectivity index (χ1v) is 7.46. The number of imide groups is 1. The van der Waals surface area contributed by atoms with Crippen LogP contribution in [0, 0.1) is 11.8 Å².